The van der Waals surface area contributed by atoms with Crippen molar-refractivity contribution in [3.8, 4) is 0 Å². The lowest BCUT2D eigenvalue weighted by molar-refractivity contribution is 0.0786. The predicted molar refractivity (Wildman–Crippen MR) is 74.0 cm³/mol. The molecule has 1 atom stereocenters. The second kappa shape index (κ2) is 5.91. The standard InChI is InChI=1S/C13H17FN2OS/c1-8-4-10(6-11(14)5-8)13(17)16(3)7-9(2)12(15)18/h4-6,9H,7H2,1-3H3,(H2,15,18). The zero-order valence-electron chi connectivity index (χ0n) is 10.7. The van der Waals surface area contributed by atoms with Crippen LogP contribution >= 0.6 is 12.2 Å². The smallest absolute Gasteiger partial charge is 0.253 e. The number of thiocarbonyl (C=S) groups is 1. The van der Waals surface area contributed by atoms with Crippen LogP contribution in [0.25, 0.3) is 0 Å². The van der Waals surface area contributed by atoms with Crippen LogP contribution in [0.15, 0.2) is 18.2 Å². The number of halogens is 1. The second-order valence-electron chi connectivity index (χ2n) is 4.51. The zero-order chi connectivity index (χ0) is 13.9. The maximum atomic E-state index is 13.2. The maximum Gasteiger partial charge on any atom is 0.253 e. The number of carbonyl (C=O) groups excluding carboxylic acids is 1. The lowest BCUT2D eigenvalue weighted by Crippen LogP contribution is -2.35. The molecule has 1 aromatic carbocycles. The first kappa shape index (κ1) is 14.6. The predicted octanol–water partition coefficient (Wildman–Crippen LogP) is 2.13. The Labute approximate surface area is 112 Å². The first-order valence-electron chi connectivity index (χ1n) is 5.63. The van der Waals surface area contributed by atoms with E-state index >= 15 is 0 Å². The van der Waals surface area contributed by atoms with Gasteiger partial charge in [-0.1, -0.05) is 19.1 Å². The molecule has 0 radical (unpaired) electrons. The highest BCUT2D eigenvalue weighted by molar-refractivity contribution is 7.80. The minimum absolute atomic E-state index is 0.0661. The molecule has 1 amide bonds. The normalized spacial score (nSPS) is 12.0. The topological polar surface area (TPSA) is 46.3 Å². The highest BCUT2D eigenvalue weighted by atomic mass is 32.1. The van der Waals surface area contributed by atoms with Gasteiger partial charge < -0.3 is 10.6 Å². The molecular formula is C13H17FN2OS. The Morgan fingerprint density at radius 1 is 1.50 bits per heavy atom. The van der Waals surface area contributed by atoms with Crippen molar-refractivity contribution < 1.29 is 9.18 Å². The largest absolute Gasteiger partial charge is 0.393 e. The van der Waals surface area contributed by atoms with Crippen molar-refractivity contribution in [2.75, 3.05) is 13.6 Å². The number of amides is 1. The van der Waals surface area contributed by atoms with Crippen molar-refractivity contribution in [1.29, 1.82) is 0 Å². The van der Waals surface area contributed by atoms with E-state index in [4.69, 9.17) is 18.0 Å². The summed E-state index contributed by atoms with van der Waals surface area (Å²) in [5, 5.41) is 0. The van der Waals surface area contributed by atoms with Crippen LogP contribution in [-0.2, 0) is 0 Å². The number of nitrogens with zero attached hydrogens (tertiary/aromatic N) is 1. The van der Waals surface area contributed by atoms with E-state index in [0.29, 0.717) is 22.7 Å². The molecule has 2 N–H and O–H groups in total. The quantitative estimate of drug-likeness (QED) is 0.851. The molecule has 0 aliphatic heterocycles. The first-order chi connectivity index (χ1) is 8.31. The summed E-state index contributed by atoms with van der Waals surface area (Å²) in [5.74, 6) is -0.710. The van der Waals surface area contributed by atoms with Gasteiger partial charge in [0.15, 0.2) is 0 Å². The van der Waals surface area contributed by atoms with Gasteiger partial charge in [-0.2, -0.15) is 0 Å². The summed E-state index contributed by atoms with van der Waals surface area (Å²) in [6.07, 6.45) is 0. The van der Waals surface area contributed by atoms with Gasteiger partial charge in [-0.25, -0.2) is 4.39 Å². The number of hydrogen-bond donors (Lipinski definition) is 1. The Kier molecular flexibility index (Phi) is 4.78. The summed E-state index contributed by atoms with van der Waals surface area (Å²) in [6.45, 7) is 4.02. The average Bonchev–Trinajstić information content (AvgIpc) is 2.26. The maximum absolute atomic E-state index is 13.2. The molecule has 0 fully saturated rings. The molecule has 18 heavy (non-hydrogen) atoms. The van der Waals surface area contributed by atoms with Crippen molar-refractivity contribution in [2.45, 2.75) is 13.8 Å². The Hall–Kier alpha value is -1.49. The van der Waals surface area contributed by atoms with Gasteiger partial charge in [0.05, 0.1) is 4.99 Å². The van der Waals surface area contributed by atoms with Crippen LogP contribution < -0.4 is 5.73 Å². The minimum atomic E-state index is -0.408. The third-order valence-corrected chi connectivity index (χ3v) is 3.07. The molecule has 0 bridgehead atoms. The molecule has 1 aromatic rings. The van der Waals surface area contributed by atoms with Crippen molar-refractivity contribution >= 4 is 23.1 Å². The fourth-order valence-corrected chi connectivity index (χ4v) is 1.74. The van der Waals surface area contributed by atoms with Crippen molar-refractivity contribution in [3.63, 3.8) is 0 Å². The lowest BCUT2D eigenvalue weighted by Gasteiger charge is -2.21. The Morgan fingerprint density at radius 3 is 2.61 bits per heavy atom. The third kappa shape index (κ3) is 3.77. The summed E-state index contributed by atoms with van der Waals surface area (Å²) in [7, 11) is 1.65. The van der Waals surface area contributed by atoms with E-state index in [1.54, 1.807) is 20.0 Å². The van der Waals surface area contributed by atoms with Crippen LogP contribution in [0.3, 0.4) is 0 Å². The summed E-state index contributed by atoms with van der Waals surface area (Å²) in [6, 6.07) is 4.28. The van der Waals surface area contributed by atoms with E-state index in [-0.39, 0.29) is 11.8 Å². The number of benzene rings is 1. The van der Waals surface area contributed by atoms with E-state index in [0.717, 1.165) is 0 Å². The van der Waals surface area contributed by atoms with Crippen molar-refractivity contribution in [2.24, 2.45) is 11.7 Å². The summed E-state index contributed by atoms with van der Waals surface area (Å²) < 4.78 is 13.2. The molecule has 0 aromatic heterocycles. The Bertz CT molecular complexity index is 456. The van der Waals surface area contributed by atoms with E-state index in [2.05, 4.69) is 0 Å². The average molecular weight is 268 g/mol. The molecule has 0 saturated carbocycles. The molecule has 0 saturated heterocycles. The Morgan fingerprint density at radius 2 is 2.11 bits per heavy atom. The van der Waals surface area contributed by atoms with Gasteiger partial charge >= 0.3 is 0 Å². The van der Waals surface area contributed by atoms with Gasteiger partial charge in [0.2, 0.25) is 0 Å². The molecule has 0 aliphatic carbocycles. The van der Waals surface area contributed by atoms with Gasteiger partial charge in [-0.15, -0.1) is 0 Å². The Balaban J connectivity index is 2.83. The monoisotopic (exact) mass is 268 g/mol. The van der Waals surface area contributed by atoms with Crippen LogP contribution in [-0.4, -0.2) is 29.4 Å². The van der Waals surface area contributed by atoms with E-state index in [1.807, 2.05) is 6.92 Å². The van der Waals surface area contributed by atoms with E-state index in [1.165, 1.54) is 17.0 Å². The molecule has 0 aliphatic rings. The van der Waals surface area contributed by atoms with Gasteiger partial charge in [0.1, 0.15) is 5.82 Å². The summed E-state index contributed by atoms with van der Waals surface area (Å²) in [4.78, 5) is 13.9. The highest BCUT2D eigenvalue weighted by Crippen LogP contribution is 2.11. The SMILES string of the molecule is Cc1cc(F)cc(C(=O)N(C)CC(C)C(N)=S)c1. The molecule has 0 heterocycles. The van der Waals surface area contributed by atoms with Crippen molar-refractivity contribution in [1.82, 2.24) is 4.90 Å². The third-order valence-electron chi connectivity index (χ3n) is 2.67. The van der Waals surface area contributed by atoms with Gasteiger partial charge in [-0.05, 0) is 30.7 Å². The lowest BCUT2D eigenvalue weighted by atomic mass is 10.1. The van der Waals surface area contributed by atoms with Crippen LogP contribution in [0, 0.1) is 18.7 Å². The molecule has 3 nitrogen and oxygen atoms in total. The van der Waals surface area contributed by atoms with Gasteiger partial charge in [0.25, 0.3) is 5.91 Å². The van der Waals surface area contributed by atoms with Gasteiger partial charge in [0, 0.05) is 25.1 Å². The highest BCUT2D eigenvalue weighted by Gasteiger charge is 2.16. The fraction of sp³-hybridized carbons (Fsp3) is 0.385. The van der Waals surface area contributed by atoms with E-state index < -0.39 is 5.82 Å². The molecule has 98 valence electrons. The number of rotatable bonds is 4. The van der Waals surface area contributed by atoms with Gasteiger partial charge in [-0.3, -0.25) is 4.79 Å². The molecule has 5 heteroatoms. The second-order valence-corrected chi connectivity index (χ2v) is 4.98. The van der Waals surface area contributed by atoms with E-state index in [9.17, 15) is 9.18 Å². The molecule has 0 spiro atoms. The number of carbonyl (C=O) groups is 1. The molecule has 1 rings (SSSR count). The number of nitrogens with two attached hydrogens (primary N) is 1. The summed E-state index contributed by atoms with van der Waals surface area (Å²) in [5.41, 5.74) is 6.56. The van der Waals surface area contributed by atoms with Crippen LogP contribution in [0.5, 0.6) is 0 Å². The van der Waals surface area contributed by atoms with Crippen molar-refractivity contribution in [3.05, 3.63) is 35.1 Å². The molecular weight excluding hydrogens is 251 g/mol. The first-order valence-corrected chi connectivity index (χ1v) is 6.04. The summed E-state index contributed by atoms with van der Waals surface area (Å²) >= 11 is 4.86. The molecule has 1 unspecified atom stereocenters. The fourth-order valence-electron chi connectivity index (χ4n) is 1.66. The zero-order valence-corrected chi connectivity index (χ0v) is 11.6. The van der Waals surface area contributed by atoms with Crippen LogP contribution in [0.2, 0.25) is 0 Å². The minimum Gasteiger partial charge on any atom is -0.393 e. The number of hydrogen-bond acceptors (Lipinski definition) is 2. The van der Waals surface area contributed by atoms with Crippen LogP contribution in [0.1, 0.15) is 22.8 Å². The van der Waals surface area contributed by atoms with Crippen LogP contribution in [0.4, 0.5) is 4.39 Å². The number of aryl methyl sites for hydroxylation is 1.